The molecule has 0 spiro atoms. The third-order valence-electron chi connectivity index (χ3n) is 5.40. The predicted molar refractivity (Wildman–Crippen MR) is 122 cm³/mol. The van der Waals surface area contributed by atoms with Gasteiger partial charge in [-0.1, -0.05) is 48.1 Å². The summed E-state index contributed by atoms with van der Waals surface area (Å²) in [6.45, 7) is 2.53. The summed E-state index contributed by atoms with van der Waals surface area (Å²) in [5.41, 5.74) is 1.74. The second-order valence-electron chi connectivity index (χ2n) is 7.38. The van der Waals surface area contributed by atoms with E-state index in [2.05, 4.69) is 10.3 Å². The minimum absolute atomic E-state index is 0.0229. The van der Waals surface area contributed by atoms with E-state index in [9.17, 15) is 9.59 Å². The van der Waals surface area contributed by atoms with Gasteiger partial charge in [0, 0.05) is 19.2 Å². The molecular weight excluding hydrogens is 416 g/mol. The summed E-state index contributed by atoms with van der Waals surface area (Å²) in [5.74, 6) is 0.592. The maximum Gasteiger partial charge on any atom is 0.267 e. The molecule has 5 rings (SSSR count). The Bertz CT molecular complexity index is 1300. The van der Waals surface area contributed by atoms with E-state index in [4.69, 9.17) is 4.98 Å². The second kappa shape index (κ2) is 7.77. The van der Waals surface area contributed by atoms with Gasteiger partial charge in [0.2, 0.25) is 0 Å². The molecule has 1 aromatic carbocycles. The van der Waals surface area contributed by atoms with E-state index in [1.54, 1.807) is 10.8 Å². The SMILES string of the molecule is Cc1c(C(=O)Nc2ncc(-c3ccccc3)s2)sc2nc3n(c(=O)c12)CCCCC3. The number of nitrogens with zero attached hydrogens (tertiary/aromatic N) is 3. The number of nitrogens with one attached hydrogen (secondary N) is 1. The predicted octanol–water partition coefficient (Wildman–Crippen LogP) is 4.87. The smallest absolute Gasteiger partial charge is 0.267 e. The summed E-state index contributed by atoms with van der Waals surface area (Å²) in [6.07, 6.45) is 5.72. The molecule has 0 aliphatic carbocycles. The number of hydrogen-bond donors (Lipinski definition) is 1. The lowest BCUT2D eigenvalue weighted by atomic mass is 10.2. The molecule has 3 aromatic heterocycles. The lowest BCUT2D eigenvalue weighted by Crippen LogP contribution is -2.24. The number of rotatable bonds is 3. The van der Waals surface area contributed by atoms with Crippen LogP contribution in [0.4, 0.5) is 5.13 Å². The normalized spacial score (nSPS) is 13.8. The molecule has 1 aliphatic heterocycles. The molecule has 0 atom stereocenters. The molecule has 0 saturated carbocycles. The number of hydrogen-bond acceptors (Lipinski definition) is 6. The van der Waals surface area contributed by atoms with Crippen LogP contribution in [0.3, 0.4) is 0 Å². The van der Waals surface area contributed by atoms with Crippen LogP contribution in [0.2, 0.25) is 0 Å². The van der Waals surface area contributed by atoms with Gasteiger partial charge in [0.25, 0.3) is 11.5 Å². The zero-order valence-electron chi connectivity index (χ0n) is 16.5. The highest BCUT2D eigenvalue weighted by molar-refractivity contribution is 7.21. The Hall–Kier alpha value is -2.84. The first-order chi connectivity index (χ1) is 14.6. The van der Waals surface area contributed by atoms with Gasteiger partial charge in [0.05, 0.1) is 15.1 Å². The van der Waals surface area contributed by atoms with Gasteiger partial charge in [-0.3, -0.25) is 19.5 Å². The standard InChI is InChI=1S/C22H20N4O2S2/c1-13-17-20(24-16-10-6-3-7-11-26(16)21(17)28)30-18(13)19(27)25-22-23-12-15(29-22)14-8-4-2-5-9-14/h2,4-5,8-9,12H,3,6-7,10-11H2,1H3,(H,23,25,27). The summed E-state index contributed by atoms with van der Waals surface area (Å²) in [4.78, 5) is 37.3. The van der Waals surface area contributed by atoms with Crippen LogP contribution in [0.25, 0.3) is 20.7 Å². The van der Waals surface area contributed by atoms with Crippen LogP contribution >= 0.6 is 22.7 Å². The maximum absolute atomic E-state index is 13.1. The fourth-order valence-electron chi connectivity index (χ4n) is 3.85. The minimum atomic E-state index is -0.246. The van der Waals surface area contributed by atoms with E-state index in [-0.39, 0.29) is 11.5 Å². The molecule has 0 fully saturated rings. The molecule has 1 aliphatic rings. The molecule has 4 aromatic rings. The summed E-state index contributed by atoms with van der Waals surface area (Å²) in [6, 6.07) is 9.94. The van der Waals surface area contributed by atoms with Crippen molar-refractivity contribution in [2.24, 2.45) is 0 Å². The third kappa shape index (κ3) is 3.36. The van der Waals surface area contributed by atoms with E-state index in [1.165, 1.54) is 22.7 Å². The molecule has 1 amide bonds. The van der Waals surface area contributed by atoms with Gasteiger partial charge in [-0.15, -0.1) is 11.3 Å². The monoisotopic (exact) mass is 436 g/mol. The van der Waals surface area contributed by atoms with E-state index < -0.39 is 0 Å². The Balaban J connectivity index is 1.47. The van der Waals surface area contributed by atoms with Gasteiger partial charge in [-0.2, -0.15) is 0 Å². The van der Waals surface area contributed by atoms with Crippen LogP contribution in [0.15, 0.2) is 41.3 Å². The highest BCUT2D eigenvalue weighted by Crippen LogP contribution is 2.31. The number of carbonyl (C=O) groups excluding carboxylic acids is 1. The molecule has 0 unspecified atom stereocenters. The average molecular weight is 437 g/mol. The van der Waals surface area contributed by atoms with E-state index in [0.29, 0.717) is 32.3 Å². The van der Waals surface area contributed by atoms with Crippen molar-refractivity contribution in [3.8, 4) is 10.4 Å². The lowest BCUT2D eigenvalue weighted by Gasteiger charge is -2.08. The fraction of sp³-hybridized carbons (Fsp3) is 0.273. The first-order valence-corrected chi connectivity index (χ1v) is 11.6. The highest BCUT2D eigenvalue weighted by Gasteiger charge is 2.22. The van der Waals surface area contributed by atoms with Crippen molar-refractivity contribution in [2.75, 3.05) is 5.32 Å². The van der Waals surface area contributed by atoms with Crippen molar-refractivity contribution in [1.29, 1.82) is 0 Å². The number of thiophene rings is 1. The van der Waals surface area contributed by atoms with Crippen molar-refractivity contribution < 1.29 is 4.79 Å². The molecule has 0 saturated heterocycles. The Kier molecular flexibility index (Phi) is 4.96. The van der Waals surface area contributed by atoms with Gasteiger partial charge in [0.1, 0.15) is 10.7 Å². The van der Waals surface area contributed by atoms with Crippen LogP contribution < -0.4 is 10.9 Å². The van der Waals surface area contributed by atoms with Crippen molar-refractivity contribution in [2.45, 2.75) is 39.2 Å². The van der Waals surface area contributed by atoms with Gasteiger partial charge in [0.15, 0.2) is 5.13 Å². The second-order valence-corrected chi connectivity index (χ2v) is 9.41. The number of anilines is 1. The zero-order valence-corrected chi connectivity index (χ0v) is 18.1. The molecule has 1 N–H and O–H groups in total. The largest absolute Gasteiger partial charge is 0.297 e. The molecule has 8 heteroatoms. The Morgan fingerprint density at radius 1 is 1.13 bits per heavy atom. The Morgan fingerprint density at radius 2 is 1.97 bits per heavy atom. The molecule has 6 nitrogen and oxygen atoms in total. The van der Waals surface area contributed by atoms with Gasteiger partial charge >= 0.3 is 0 Å². The van der Waals surface area contributed by atoms with E-state index in [1.807, 2.05) is 37.3 Å². The van der Waals surface area contributed by atoms with Gasteiger partial charge in [-0.05, 0) is 30.9 Å². The van der Waals surface area contributed by atoms with Crippen molar-refractivity contribution in [3.05, 3.63) is 63.1 Å². The molecule has 152 valence electrons. The van der Waals surface area contributed by atoms with Crippen LogP contribution in [-0.2, 0) is 13.0 Å². The quantitative estimate of drug-likeness (QED) is 0.497. The summed E-state index contributed by atoms with van der Waals surface area (Å²) >= 11 is 2.72. The van der Waals surface area contributed by atoms with E-state index >= 15 is 0 Å². The zero-order chi connectivity index (χ0) is 20.7. The molecule has 0 radical (unpaired) electrons. The number of aryl methyl sites for hydroxylation is 2. The van der Waals surface area contributed by atoms with Crippen LogP contribution in [-0.4, -0.2) is 20.4 Å². The van der Waals surface area contributed by atoms with Crippen LogP contribution in [0.5, 0.6) is 0 Å². The number of thiazole rings is 1. The van der Waals surface area contributed by atoms with Crippen molar-refractivity contribution in [1.82, 2.24) is 14.5 Å². The lowest BCUT2D eigenvalue weighted by molar-refractivity contribution is 0.103. The molecule has 0 bridgehead atoms. The van der Waals surface area contributed by atoms with Crippen LogP contribution in [0, 0.1) is 6.92 Å². The number of aromatic nitrogens is 3. The fourth-order valence-corrected chi connectivity index (χ4v) is 5.75. The maximum atomic E-state index is 13.1. The Labute approximate surface area is 181 Å². The molecular formula is C22H20N4O2S2. The topological polar surface area (TPSA) is 76.9 Å². The molecule has 4 heterocycles. The third-order valence-corrected chi connectivity index (χ3v) is 7.55. The summed E-state index contributed by atoms with van der Waals surface area (Å²) < 4.78 is 1.80. The summed E-state index contributed by atoms with van der Waals surface area (Å²) in [7, 11) is 0. The first kappa shape index (κ1) is 19.1. The van der Waals surface area contributed by atoms with E-state index in [0.717, 1.165) is 41.9 Å². The number of fused-ring (bicyclic) bond motifs is 2. The number of amides is 1. The Morgan fingerprint density at radius 3 is 2.80 bits per heavy atom. The average Bonchev–Trinajstić information content (AvgIpc) is 3.26. The van der Waals surface area contributed by atoms with Crippen LogP contribution in [0.1, 0.15) is 40.3 Å². The minimum Gasteiger partial charge on any atom is -0.297 e. The van der Waals surface area contributed by atoms with Gasteiger partial charge in [-0.25, -0.2) is 9.97 Å². The van der Waals surface area contributed by atoms with Crippen molar-refractivity contribution >= 4 is 43.9 Å². The first-order valence-electron chi connectivity index (χ1n) is 9.97. The highest BCUT2D eigenvalue weighted by atomic mass is 32.1. The summed E-state index contributed by atoms with van der Waals surface area (Å²) in [5, 5.41) is 4.00. The number of benzene rings is 1. The van der Waals surface area contributed by atoms with Gasteiger partial charge < -0.3 is 0 Å². The number of carbonyl (C=O) groups is 1. The van der Waals surface area contributed by atoms with Crippen molar-refractivity contribution in [3.63, 3.8) is 0 Å². The molecule has 30 heavy (non-hydrogen) atoms.